The molecule has 2 aromatic carbocycles. The zero-order valence-corrected chi connectivity index (χ0v) is 12.9. The number of benzene rings is 2. The molecule has 1 amide bonds. The van der Waals surface area contributed by atoms with Crippen LogP contribution in [0.4, 0.5) is 0 Å². The normalized spacial score (nSPS) is 21.0. The first-order valence-electron chi connectivity index (χ1n) is 7.73. The molecule has 0 unspecified atom stereocenters. The topological polar surface area (TPSA) is 70.1 Å². The predicted octanol–water partition coefficient (Wildman–Crippen LogP) is 2.26. The number of carbonyl (C=O) groups excluding carboxylic acids is 1. The number of rotatable bonds is 4. The molecule has 2 aromatic rings. The van der Waals surface area contributed by atoms with Crippen LogP contribution in [0.15, 0.2) is 54.6 Å². The Morgan fingerprint density at radius 2 is 1.96 bits per heavy atom. The molecule has 0 radical (unpaired) electrons. The van der Waals surface area contributed by atoms with Crippen molar-refractivity contribution in [2.75, 3.05) is 13.1 Å². The Bertz CT molecular complexity index is 736. The van der Waals surface area contributed by atoms with Crippen LogP contribution < -0.4 is 5.73 Å². The Hall–Kier alpha value is -2.64. The monoisotopic (exact) mass is 305 g/mol. The molecule has 1 heterocycles. The van der Waals surface area contributed by atoms with Crippen molar-refractivity contribution in [2.45, 2.75) is 12.5 Å². The van der Waals surface area contributed by atoms with E-state index in [4.69, 9.17) is 11.0 Å². The maximum absolute atomic E-state index is 11.8. The van der Waals surface area contributed by atoms with Crippen LogP contribution in [0.3, 0.4) is 0 Å². The van der Waals surface area contributed by atoms with E-state index in [0.717, 1.165) is 24.2 Å². The van der Waals surface area contributed by atoms with Crippen LogP contribution in [-0.4, -0.2) is 23.9 Å². The summed E-state index contributed by atoms with van der Waals surface area (Å²) in [5, 5.41) is 9.00. The molecule has 0 spiro atoms. The van der Waals surface area contributed by atoms with Crippen molar-refractivity contribution in [3.63, 3.8) is 0 Å². The number of hydrogen-bond acceptors (Lipinski definition) is 3. The number of carbonyl (C=O) groups is 1. The lowest BCUT2D eigenvalue weighted by Gasteiger charge is -2.16. The van der Waals surface area contributed by atoms with Crippen LogP contribution in [0, 0.1) is 17.2 Å². The number of primary amides is 1. The van der Waals surface area contributed by atoms with Gasteiger partial charge in [-0.3, -0.25) is 9.69 Å². The van der Waals surface area contributed by atoms with E-state index in [2.05, 4.69) is 23.1 Å². The van der Waals surface area contributed by atoms with Crippen LogP contribution in [-0.2, 0) is 11.3 Å². The quantitative estimate of drug-likeness (QED) is 0.942. The lowest BCUT2D eigenvalue weighted by Crippen LogP contribution is -2.29. The van der Waals surface area contributed by atoms with E-state index in [-0.39, 0.29) is 17.7 Å². The second-order valence-electron chi connectivity index (χ2n) is 6.03. The first-order chi connectivity index (χ1) is 11.2. The van der Waals surface area contributed by atoms with Gasteiger partial charge in [0.25, 0.3) is 0 Å². The average Bonchev–Trinajstić information content (AvgIpc) is 3.00. The van der Waals surface area contributed by atoms with Crippen LogP contribution in [0.1, 0.15) is 22.6 Å². The molecule has 23 heavy (non-hydrogen) atoms. The fourth-order valence-corrected chi connectivity index (χ4v) is 3.34. The van der Waals surface area contributed by atoms with Crippen molar-refractivity contribution < 1.29 is 4.79 Å². The third kappa shape index (κ3) is 3.41. The van der Waals surface area contributed by atoms with Crippen molar-refractivity contribution >= 4 is 5.91 Å². The first kappa shape index (κ1) is 15.3. The largest absolute Gasteiger partial charge is 0.369 e. The molecule has 1 aliphatic heterocycles. The van der Waals surface area contributed by atoms with E-state index < -0.39 is 0 Å². The van der Waals surface area contributed by atoms with Crippen LogP contribution in [0.5, 0.6) is 0 Å². The fourth-order valence-electron chi connectivity index (χ4n) is 3.34. The lowest BCUT2D eigenvalue weighted by atomic mass is 9.89. The molecular weight excluding hydrogens is 286 g/mol. The minimum absolute atomic E-state index is 0.132. The van der Waals surface area contributed by atoms with Crippen molar-refractivity contribution in [3.05, 3.63) is 71.3 Å². The van der Waals surface area contributed by atoms with Gasteiger partial charge in [-0.25, -0.2) is 0 Å². The summed E-state index contributed by atoms with van der Waals surface area (Å²) < 4.78 is 0. The Kier molecular flexibility index (Phi) is 4.40. The molecule has 2 N–H and O–H groups in total. The van der Waals surface area contributed by atoms with Gasteiger partial charge in [0.1, 0.15) is 0 Å². The molecule has 4 heteroatoms. The summed E-state index contributed by atoms with van der Waals surface area (Å²) >= 11 is 0. The second-order valence-corrected chi connectivity index (χ2v) is 6.03. The number of nitrogens with two attached hydrogens (primary N) is 1. The Balaban J connectivity index is 1.78. The number of nitrogens with zero attached hydrogens (tertiary/aromatic N) is 2. The van der Waals surface area contributed by atoms with Crippen molar-refractivity contribution in [2.24, 2.45) is 11.7 Å². The van der Waals surface area contributed by atoms with Crippen molar-refractivity contribution in [3.8, 4) is 6.07 Å². The maximum Gasteiger partial charge on any atom is 0.222 e. The SMILES string of the molecule is N#Cc1cccc(CN2C[C@@H](C(N)=O)[C@H](c3ccccc3)C2)c1. The van der Waals surface area contributed by atoms with E-state index in [1.807, 2.05) is 36.4 Å². The highest BCUT2D eigenvalue weighted by Gasteiger charge is 2.37. The highest BCUT2D eigenvalue weighted by molar-refractivity contribution is 5.78. The van der Waals surface area contributed by atoms with Gasteiger partial charge < -0.3 is 5.73 Å². The number of likely N-dealkylation sites (tertiary alicyclic amines) is 1. The smallest absolute Gasteiger partial charge is 0.222 e. The third-order valence-corrected chi connectivity index (χ3v) is 4.45. The first-order valence-corrected chi connectivity index (χ1v) is 7.73. The summed E-state index contributed by atoms with van der Waals surface area (Å²) in [5.74, 6) is -0.281. The molecule has 2 atom stereocenters. The lowest BCUT2D eigenvalue weighted by molar-refractivity contribution is -0.121. The van der Waals surface area contributed by atoms with Gasteiger partial charge in [-0.15, -0.1) is 0 Å². The number of hydrogen-bond donors (Lipinski definition) is 1. The van der Waals surface area contributed by atoms with Crippen LogP contribution >= 0.6 is 0 Å². The van der Waals surface area contributed by atoms with Crippen LogP contribution in [0.25, 0.3) is 0 Å². The van der Waals surface area contributed by atoms with Crippen molar-refractivity contribution in [1.29, 1.82) is 5.26 Å². The summed E-state index contributed by atoms with van der Waals surface area (Å²) in [6.45, 7) is 2.18. The van der Waals surface area contributed by atoms with E-state index >= 15 is 0 Å². The van der Waals surface area contributed by atoms with E-state index in [9.17, 15) is 4.79 Å². The summed E-state index contributed by atoms with van der Waals surface area (Å²) in [4.78, 5) is 14.1. The molecule has 116 valence electrons. The number of amides is 1. The molecule has 0 saturated carbocycles. The number of nitriles is 1. The molecule has 1 saturated heterocycles. The van der Waals surface area contributed by atoms with Gasteiger partial charge >= 0.3 is 0 Å². The van der Waals surface area contributed by atoms with Gasteiger partial charge in [-0.05, 0) is 23.3 Å². The Morgan fingerprint density at radius 3 is 2.65 bits per heavy atom. The van der Waals surface area contributed by atoms with E-state index in [1.54, 1.807) is 6.07 Å². The minimum Gasteiger partial charge on any atom is -0.369 e. The van der Waals surface area contributed by atoms with Gasteiger partial charge in [0.2, 0.25) is 5.91 Å². The van der Waals surface area contributed by atoms with Gasteiger partial charge in [-0.2, -0.15) is 5.26 Å². The minimum atomic E-state index is -0.243. The fraction of sp³-hybridized carbons (Fsp3) is 0.263. The van der Waals surface area contributed by atoms with Gasteiger partial charge in [-0.1, -0.05) is 42.5 Å². The summed E-state index contributed by atoms with van der Waals surface area (Å²) in [6.07, 6.45) is 0. The summed E-state index contributed by atoms with van der Waals surface area (Å²) in [5.41, 5.74) is 8.52. The Morgan fingerprint density at radius 1 is 1.17 bits per heavy atom. The van der Waals surface area contributed by atoms with Gasteiger partial charge in [0.05, 0.1) is 17.6 Å². The molecular formula is C19H19N3O. The molecule has 3 rings (SSSR count). The Labute approximate surface area is 136 Å². The summed E-state index contributed by atoms with van der Waals surface area (Å²) in [7, 11) is 0. The summed E-state index contributed by atoms with van der Waals surface area (Å²) in [6, 6.07) is 19.8. The molecule has 1 aliphatic rings. The highest BCUT2D eigenvalue weighted by Crippen LogP contribution is 2.33. The molecule has 1 fully saturated rings. The zero-order chi connectivity index (χ0) is 16.2. The van der Waals surface area contributed by atoms with E-state index in [1.165, 1.54) is 0 Å². The predicted molar refractivity (Wildman–Crippen MR) is 88.3 cm³/mol. The maximum atomic E-state index is 11.8. The molecule has 4 nitrogen and oxygen atoms in total. The van der Waals surface area contributed by atoms with Gasteiger partial charge in [0, 0.05) is 25.6 Å². The van der Waals surface area contributed by atoms with Crippen molar-refractivity contribution in [1.82, 2.24) is 4.90 Å². The molecule has 0 bridgehead atoms. The average molecular weight is 305 g/mol. The third-order valence-electron chi connectivity index (χ3n) is 4.45. The standard InChI is InChI=1S/C19H19N3O/c20-10-14-5-4-6-15(9-14)11-22-12-17(18(13-22)19(21)23)16-7-2-1-3-8-16/h1-9,17-18H,11-13H2,(H2,21,23)/t17-,18+/m0/s1. The van der Waals surface area contributed by atoms with E-state index in [0.29, 0.717) is 12.1 Å². The molecule has 0 aromatic heterocycles. The van der Waals surface area contributed by atoms with Gasteiger partial charge in [0.15, 0.2) is 0 Å². The molecule has 0 aliphatic carbocycles. The zero-order valence-electron chi connectivity index (χ0n) is 12.9. The second kappa shape index (κ2) is 6.64. The highest BCUT2D eigenvalue weighted by atomic mass is 16.1. The van der Waals surface area contributed by atoms with Crippen LogP contribution in [0.2, 0.25) is 0 Å².